The van der Waals surface area contributed by atoms with E-state index in [-0.39, 0.29) is 0 Å². The van der Waals surface area contributed by atoms with Crippen molar-refractivity contribution in [1.29, 1.82) is 0 Å². The van der Waals surface area contributed by atoms with Crippen LogP contribution in [-0.4, -0.2) is 32.2 Å². The molecule has 0 saturated carbocycles. The zero-order valence-corrected chi connectivity index (χ0v) is 17.8. The summed E-state index contributed by atoms with van der Waals surface area (Å²) in [5.74, 6) is 0. The molecule has 142 valence electrons. The van der Waals surface area contributed by atoms with E-state index in [0.29, 0.717) is 0 Å². The van der Waals surface area contributed by atoms with E-state index in [0.717, 1.165) is 4.48 Å². The smallest absolute Gasteiger partial charge is 0.0780 e. The molecule has 0 aliphatic carbocycles. The van der Waals surface area contributed by atoms with Crippen molar-refractivity contribution in [1.82, 2.24) is 0 Å². The van der Waals surface area contributed by atoms with Crippen LogP contribution in [0, 0.1) is 0 Å². The highest BCUT2D eigenvalue weighted by atomic mass is 15.3. The molecule has 0 amide bonds. The van der Waals surface area contributed by atoms with Crippen molar-refractivity contribution >= 4 is 0 Å². The summed E-state index contributed by atoms with van der Waals surface area (Å²) >= 11 is 0. The van der Waals surface area contributed by atoms with Gasteiger partial charge in [0, 0.05) is 0 Å². The quantitative estimate of drug-likeness (QED) is 0.214. The molecule has 0 aromatic carbocycles. The Bertz CT molecular complexity index is 193. The second kappa shape index (κ2) is 20.0. The van der Waals surface area contributed by atoms with Gasteiger partial charge in [-0.3, -0.25) is 0 Å². The van der Waals surface area contributed by atoms with E-state index < -0.39 is 0 Å². The Kier molecular flexibility index (Phi) is 21.9. The Balaban J connectivity index is 0. The van der Waals surface area contributed by atoms with Gasteiger partial charge in [-0.15, -0.1) is 0 Å². The largest absolute Gasteiger partial charge is 0.331 e. The summed E-state index contributed by atoms with van der Waals surface area (Å²) < 4.78 is 1.12. The van der Waals surface area contributed by atoms with Crippen LogP contribution in [0.1, 0.15) is 117 Å². The van der Waals surface area contributed by atoms with Gasteiger partial charge < -0.3 is 4.48 Å². The lowest BCUT2D eigenvalue weighted by Crippen LogP contribution is -2.35. The monoisotopic (exact) mass is 328 g/mol. The Hall–Kier alpha value is -0.0400. The van der Waals surface area contributed by atoms with Crippen molar-refractivity contribution in [3.05, 3.63) is 0 Å². The van der Waals surface area contributed by atoms with Crippen LogP contribution in [-0.2, 0) is 0 Å². The highest BCUT2D eigenvalue weighted by Gasteiger charge is 2.04. The van der Waals surface area contributed by atoms with Crippen molar-refractivity contribution in [2.45, 2.75) is 117 Å². The van der Waals surface area contributed by atoms with Crippen LogP contribution in [0.5, 0.6) is 0 Å². The van der Waals surface area contributed by atoms with Gasteiger partial charge in [0.25, 0.3) is 0 Å². The highest BCUT2D eigenvalue weighted by Crippen LogP contribution is 2.13. The van der Waals surface area contributed by atoms with Crippen LogP contribution in [0.25, 0.3) is 0 Å². The lowest BCUT2D eigenvalue weighted by Gasteiger charge is -2.23. The first-order chi connectivity index (χ1) is 11.0. The van der Waals surface area contributed by atoms with Crippen LogP contribution in [0.3, 0.4) is 0 Å². The molecule has 1 heteroatoms. The first kappa shape index (κ1) is 25.2. The summed E-state index contributed by atoms with van der Waals surface area (Å²) in [5, 5.41) is 0. The maximum absolute atomic E-state index is 2.29. The van der Waals surface area contributed by atoms with E-state index in [2.05, 4.69) is 41.9 Å². The Morgan fingerprint density at radius 1 is 0.435 bits per heavy atom. The fourth-order valence-corrected chi connectivity index (χ4v) is 2.78. The minimum atomic E-state index is 1.12. The summed E-state index contributed by atoms with van der Waals surface area (Å²) in [6, 6.07) is 0. The standard InChI is InChI=1S/C19H42N.C3H8/c1-5-6-7-8-9-10-11-12-13-14-15-16-17-18-19-20(2,3)4;1-3-2/h5-19H2,1-4H3;3H2,1-2H3/q+1;. The second-order valence-electron chi connectivity index (χ2n) is 8.32. The van der Waals surface area contributed by atoms with Crippen LogP contribution in [0.4, 0.5) is 0 Å². The summed E-state index contributed by atoms with van der Waals surface area (Å²) in [6.07, 6.45) is 21.6. The fraction of sp³-hybridized carbons (Fsp3) is 1.00. The minimum absolute atomic E-state index is 1.12. The lowest BCUT2D eigenvalue weighted by atomic mass is 10.0. The second-order valence-corrected chi connectivity index (χ2v) is 8.32. The predicted molar refractivity (Wildman–Crippen MR) is 109 cm³/mol. The van der Waals surface area contributed by atoms with Crippen molar-refractivity contribution in [2.24, 2.45) is 0 Å². The van der Waals surface area contributed by atoms with Gasteiger partial charge in [-0.25, -0.2) is 0 Å². The van der Waals surface area contributed by atoms with Gasteiger partial charge >= 0.3 is 0 Å². The number of nitrogens with zero attached hydrogens (tertiary/aromatic N) is 1. The van der Waals surface area contributed by atoms with Crippen LogP contribution < -0.4 is 0 Å². The van der Waals surface area contributed by atoms with Gasteiger partial charge in [0.2, 0.25) is 0 Å². The molecule has 23 heavy (non-hydrogen) atoms. The van der Waals surface area contributed by atoms with E-state index in [4.69, 9.17) is 0 Å². The van der Waals surface area contributed by atoms with Crippen LogP contribution >= 0.6 is 0 Å². The average Bonchev–Trinajstić information content (AvgIpc) is 2.47. The predicted octanol–water partition coefficient (Wildman–Crippen LogP) is 7.59. The van der Waals surface area contributed by atoms with Crippen molar-refractivity contribution in [2.75, 3.05) is 27.7 Å². The Morgan fingerprint density at radius 3 is 0.957 bits per heavy atom. The SMILES string of the molecule is CCC.CCCCCCCCCCCCCCCC[N+](C)(C)C. The van der Waals surface area contributed by atoms with Gasteiger partial charge in [-0.1, -0.05) is 104 Å². The number of hydrogen-bond acceptors (Lipinski definition) is 0. The van der Waals surface area contributed by atoms with Crippen molar-refractivity contribution in [3.63, 3.8) is 0 Å². The normalized spacial score (nSPS) is 11.2. The zero-order valence-electron chi connectivity index (χ0n) is 17.8. The van der Waals surface area contributed by atoms with E-state index in [1.807, 2.05) is 0 Å². The molecule has 0 saturated heterocycles. The Morgan fingerprint density at radius 2 is 0.696 bits per heavy atom. The molecule has 0 fully saturated rings. The molecule has 0 radical (unpaired) electrons. The Labute approximate surface area is 149 Å². The molecule has 0 aliphatic rings. The zero-order chi connectivity index (χ0) is 17.8. The van der Waals surface area contributed by atoms with Crippen LogP contribution in [0.15, 0.2) is 0 Å². The summed E-state index contributed by atoms with van der Waals surface area (Å²) in [6.45, 7) is 7.88. The van der Waals surface area contributed by atoms with Gasteiger partial charge in [0.15, 0.2) is 0 Å². The first-order valence-corrected chi connectivity index (χ1v) is 10.8. The van der Waals surface area contributed by atoms with Gasteiger partial charge in [0.05, 0.1) is 27.7 Å². The first-order valence-electron chi connectivity index (χ1n) is 10.8. The average molecular weight is 329 g/mol. The molecule has 0 atom stereocenters. The number of rotatable bonds is 15. The van der Waals surface area contributed by atoms with Crippen molar-refractivity contribution < 1.29 is 4.48 Å². The van der Waals surface area contributed by atoms with Gasteiger partial charge in [0.1, 0.15) is 0 Å². The summed E-state index contributed by atoms with van der Waals surface area (Å²) in [7, 11) is 6.88. The minimum Gasteiger partial charge on any atom is -0.331 e. The molecule has 0 heterocycles. The molecule has 0 aromatic heterocycles. The fourth-order valence-electron chi connectivity index (χ4n) is 2.78. The molecule has 0 aliphatic heterocycles. The molecule has 0 bridgehead atoms. The number of hydrogen-bond donors (Lipinski definition) is 0. The molecular formula is C22H50N+. The number of unbranched alkanes of at least 4 members (excludes halogenated alkanes) is 13. The molecule has 0 N–H and O–H groups in total. The van der Waals surface area contributed by atoms with E-state index in [1.165, 1.54) is 103 Å². The molecule has 0 spiro atoms. The van der Waals surface area contributed by atoms with Gasteiger partial charge in [-0.2, -0.15) is 0 Å². The van der Waals surface area contributed by atoms with Crippen molar-refractivity contribution in [3.8, 4) is 0 Å². The third-order valence-electron chi connectivity index (χ3n) is 4.18. The molecule has 0 rings (SSSR count). The van der Waals surface area contributed by atoms with Gasteiger partial charge in [-0.05, 0) is 12.8 Å². The van der Waals surface area contributed by atoms with Crippen LogP contribution in [0.2, 0.25) is 0 Å². The maximum atomic E-state index is 2.29. The highest BCUT2D eigenvalue weighted by molar-refractivity contribution is 4.49. The summed E-state index contributed by atoms with van der Waals surface area (Å²) in [5.41, 5.74) is 0. The molecule has 0 aromatic rings. The lowest BCUT2D eigenvalue weighted by molar-refractivity contribution is -0.870. The molecule has 1 nitrogen and oxygen atoms in total. The van der Waals surface area contributed by atoms with E-state index in [9.17, 15) is 0 Å². The third kappa shape index (κ3) is 30.4. The maximum Gasteiger partial charge on any atom is 0.0780 e. The van der Waals surface area contributed by atoms with E-state index >= 15 is 0 Å². The summed E-state index contributed by atoms with van der Waals surface area (Å²) in [4.78, 5) is 0. The third-order valence-corrected chi connectivity index (χ3v) is 4.18. The molecule has 0 unspecified atom stereocenters. The number of quaternary nitrogens is 1. The topological polar surface area (TPSA) is 0 Å². The van der Waals surface area contributed by atoms with E-state index in [1.54, 1.807) is 0 Å². The molecular weight excluding hydrogens is 278 g/mol.